The molecule has 0 saturated carbocycles. The van der Waals surface area contributed by atoms with Gasteiger partial charge in [-0.25, -0.2) is 4.39 Å². The highest BCUT2D eigenvalue weighted by atomic mass is 19.1. The summed E-state index contributed by atoms with van der Waals surface area (Å²) >= 11 is 0. The van der Waals surface area contributed by atoms with Crippen LogP contribution in [0.4, 0.5) is 10.1 Å². The normalized spacial score (nSPS) is 10.9. The smallest absolute Gasteiger partial charge is 0.133 e. The van der Waals surface area contributed by atoms with E-state index in [2.05, 4.69) is 13.8 Å². The molecule has 0 saturated heterocycles. The first kappa shape index (κ1) is 12.6. The van der Waals surface area contributed by atoms with Gasteiger partial charge in [-0.2, -0.15) is 0 Å². The van der Waals surface area contributed by atoms with Gasteiger partial charge in [-0.3, -0.25) is 0 Å². The van der Waals surface area contributed by atoms with Gasteiger partial charge in [0.15, 0.2) is 0 Å². The largest absolute Gasteiger partial charge is 0.398 e. The van der Waals surface area contributed by atoms with Crippen LogP contribution in [-0.4, -0.2) is 0 Å². The van der Waals surface area contributed by atoms with E-state index in [0.29, 0.717) is 11.3 Å². The van der Waals surface area contributed by atoms with Crippen LogP contribution in [0.15, 0.2) is 36.4 Å². The Labute approximate surface area is 107 Å². The summed E-state index contributed by atoms with van der Waals surface area (Å²) in [6.45, 7) is 6.09. The first-order chi connectivity index (χ1) is 8.52. The van der Waals surface area contributed by atoms with Gasteiger partial charge in [0.05, 0.1) is 0 Å². The fraction of sp³-hybridized carbons (Fsp3) is 0.250. The summed E-state index contributed by atoms with van der Waals surface area (Å²) in [6.07, 6.45) is 0. The second-order valence-electron chi connectivity index (χ2n) is 4.89. The predicted octanol–water partition coefficient (Wildman–Crippen LogP) is 4.51. The van der Waals surface area contributed by atoms with Crippen molar-refractivity contribution in [1.82, 2.24) is 0 Å². The number of nitrogen functional groups attached to an aromatic ring is 1. The molecular weight excluding hydrogens is 225 g/mol. The van der Waals surface area contributed by atoms with Crippen LogP contribution in [0.25, 0.3) is 11.1 Å². The minimum atomic E-state index is -0.258. The fourth-order valence-electron chi connectivity index (χ4n) is 2.24. The van der Waals surface area contributed by atoms with E-state index >= 15 is 0 Å². The van der Waals surface area contributed by atoms with Gasteiger partial charge in [0.25, 0.3) is 0 Å². The Hall–Kier alpha value is -1.83. The van der Waals surface area contributed by atoms with Crippen molar-refractivity contribution >= 4 is 5.69 Å². The molecule has 1 nitrogen and oxygen atoms in total. The molecule has 2 N–H and O–H groups in total. The topological polar surface area (TPSA) is 26.0 Å². The van der Waals surface area contributed by atoms with E-state index in [1.54, 1.807) is 6.07 Å². The highest BCUT2D eigenvalue weighted by Gasteiger charge is 2.15. The Bertz CT molecular complexity index is 573. The molecule has 0 bridgehead atoms. The first-order valence-electron chi connectivity index (χ1n) is 6.16. The Morgan fingerprint density at radius 1 is 1.06 bits per heavy atom. The number of hydrogen-bond donors (Lipinski definition) is 1. The molecule has 0 heterocycles. The number of rotatable bonds is 2. The standard InChI is InChI=1S/C16H18FN/c1-10(2)12-8-9-14(17)15(16(12)18)13-7-5-4-6-11(13)3/h4-10H,18H2,1-3H3. The molecule has 0 fully saturated rings. The van der Waals surface area contributed by atoms with E-state index < -0.39 is 0 Å². The highest BCUT2D eigenvalue weighted by molar-refractivity contribution is 5.81. The maximum atomic E-state index is 14.1. The van der Waals surface area contributed by atoms with Crippen molar-refractivity contribution in [2.45, 2.75) is 26.7 Å². The molecule has 2 aromatic rings. The SMILES string of the molecule is Cc1ccccc1-c1c(F)ccc(C(C)C)c1N. The molecule has 0 radical (unpaired) electrons. The molecule has 0 atom stereocenters. The quantitative estimate of drug-likeness (QED) is 0.772. The summed E-state index contributed by atoms with van der Waals surface area (Å²) in [4.78, 5) is 0. The van der Waals surface area contributed by atoms with Gasteiger partial charge in [0.2, 0.25) is 0 Å². The van der Waals surface area contributed by atoms with Crippen molar-refractivity contribution in [2.24, 2.45) is 0 Å². The third-order valence-electron chi connectivity index (χ3n) is 3.26. The summed E-state index contributed by atoms with van der Waals surface area (Å²) in [5.74, 6) is 0.0274. The molecule has 0 aliphatic heterocycles. The van der Waals surface area contributed by atoms with Crippen molar-refractivity contribution in [3.8, 4) is 11.1 Å². The van der Waals surface area contributed by atoms with Crippen molar-refractivity contribution < 1.29 is 4.39 Å². The van der Waals surface area contributed by atoms with Gasteiger partial charge in [-0.1, -0.05) is 44.2 Å². The Morgan fingerprint density at radius 2 is 1.72 bits per heavy atom. The van der Waals surface area contributed by atoms with Crippen molar-refractivity contribution in [3.05, 3.63) is 53.3 Å². The number of halogens is 1. The minimum absolute atomic E-state index is 0.258. The average Bonchev–Trinajstić information content (AvgIpc) is 2.31. The zero-order chi connectivity index (χ0) is 13.3. The molecule has 18 heavy (non-hydrogen) atoms. The van der Waals surface area contributed by atoms with E-state index in [4.69, 9.17) is 5.73 Å². The van der Waals surface area contributed by atoms with Crippen LogP contribution in [0, 0.1) is 12.7 Å². The molecule has 0 unspecified atom stereocenters. The number of aryl methyl sites for hydroxylation is 1. The van der Waals surface area contributed by atoms with Gasteiger partial charge in [-0.15, -0.1) is 0 Å². The number of nitrogens with two attached hydrogens (primary N) is 1. The van der Waals surface area contributed by atoms with Crippen molar-refractivity contribution in [1.29, 1.82) is 0 Å². The molecule has 0 amide bonds. The zero-order valence-electron chi connectivity index (χ0n) is 11.0. The van der Waals surface area contributed by atoms with Gasteiger partial charge in [0, 0.05) is 11.3 Å². The summed E-state index contributed by atoms with van der Waals surface area (Å²) < 4.78 is 14.1. The number of hydrogen-bond acceptors (Lipinski definition) is 1. The van der Waals surface area contributed by atoms with Crippen LogP contribution >= 0.6 is 0 Å². The van der Waals surface area contributed by atoms with Crippen LogP contribution in [0.3, 0.4) is 0 Å². The Balaban J connectivity index is 2.71. The van der Waals surface area contributed by atoms with Crippen LogP contribution in [0.2, 0.25) is 0 Å². The van der Waals surface area contributed by atoms with Crippen LogP contribution in [-0.2, 0) is 0 Å². The van der Waals surface area contributed by atoms with Crippen LogP contribution in [0.5, 0.6) is 0 Å². The van der Waals surface area contributed by atoms with E-state index in [1.807, 2.05) is 31.2 Å². The average molecular weight is 243 g/mol. The summed E-state index contributed by atoms with van der Waals surface area (Å²) in [5, 5.41) is 0. The lowest BCUT2D eigenvalue weighted by Gasteiger charge is -2.16. The van der Waals surface area contributed by atoms with E-state index in [1.165, 1.54) is 6.07 Å². The van der Waals surface area contributed by atoms with Gasteiger partial charge < -0.3 is 5.73 Å². The van der Waals surface area contributed by atoms with Gasteiger partial charge in [-0.05, 0) is 35.6 Å². The van der Waals surface area contributed by atoms with E-state index in [-0.39, 0.29) is 11.7 Å². The molecular formula is C16H18FN. The summed E-state index contributed by atoms with van der Waals surface area (Å²) in [5.41, 5.74) is 10.1. The second kappa shape index (κ2) is 4.81. The first-order valence-corrected chi connectivity index (χ1v) is 6.16. The van der Waals surface area contributed by atoms with Crippen LogP contribution < -0.4 is 5.73 Å². The molecule has 94 valence electrons. The number of benzene rings is 2. The maximum absolute atomic E-state index is 14.1. The molecule has 2 aromatic carbocycles. The third kappa shape index (κ3) is 2.10. The van der Waals surface area contributed by atoms with Crippen molar-refractivity contribution in [3.63, 3.8) is 0 Å². The zero-order valence-corrected chi connectivity index (χ0v) is 11.0. The Morgan fingerprint density at radius 3 is 2.33 bits per heavy atom. The highest BCUT2D eigenvalue weighted by Crippen LogP contribution is 2.36. The van der Waals surface area contributed by atoms with Crippen molar-refractivity contribution in [2.75, 3.05) is 5.73 Å². The minimum Gasteiger partial charge on any atom is -0.398 e. The predicted molar refractivity (Wildman–Crippen MR) is 75.1 cm³/mol. The molecule has 0 aliphatic carbocycles. The second-order valence-corrected chi connectivity index (χ2v) is 4.89. The maximum Gasteiger partial charge on any atom is 0.133 e. The fourth-order valence-corrected chi connectivity index (χ4v) is 2.24. The third-order valence-corrected chi connectivity index (χ3v) is 3.26. The van der Waals surface area contributed by atoms with Gasteiger partial charge in [0.1, 0.15) is 5.82 Å². The van der Waals surface area contributed by atoms with Crippen LogP contribution in [0.1, 0.15) is 30.9 Å². The Kier molecular flexibility index (Phi) is 3.37. The van der Waals surface area contributed by atoms with E-state index in [0.717, 1.165) is 16.7 Å². The summed E-state index contributed by atoms with van der Waals surface area (Å²) in [6, 6.07) is 11.0. The molecule has 2 rings (SSSR count). The lowest BCUT2D eigenvalue weighted by molar-refractivity contribution is 0.630. The molecule has 2 heteroatoms. The molecule has 0 spiro atoms. The molecule has 0 aromatic heterocycles. The van der Waals surface area contributed by atoms with Gasteiger partial charge >= 0.3 is 0 Å². The molecule has 0 aliphatic rings. The lowest BCUT2D eigenvalue weighted by atomic mass is 9.92. The lowest BCUT2D eigenvalue weighted by Crippen LogP contribution is -2.02. The monoisotopic (exact) mass is 243 g/mol. The van der Waals surface area contributed by atoms with E-state index in [9.17, 15) is 4.39 Å². The number of anilines is 1. The summed E-state index contributed by atoms with van der Waals surface area (Å²) in [7, 11) is 0.